The molecule has 0 amide bonds. The first-order valence-electron chi connectivity index (χ1n) is 9.11. The number of hydrogen-bond donors (Lipinski definition) is 1. The molecule has 1 unspecified atom stereocenters. The van der Waals surface area contributed by atoms with E-state index >= 15 is 0 Å². The molecular formula is C22H23N3O3. The number of ketones is 1. The number of nitriles is 1. The molecule has 28 heavy (non-hydrogen) atoms. The van der Waals surface area contributed by atoms with Gasteiger partial charge in [0.1, 0.15) is 5.75 Å². The lowest BCUT2D eigenvalue weighted by Gasteiger charge is -2.32. The molecule has 2 aromatic rings. The number of Topliss-reactive ketones (excluding diaryl/α,β-unsaturated/α-hetero) is 1. The molecule has 6 nitrogen and oxygen atoms in total. The molecule has 6 heteroatoms. The van der Waals surface area contributed by atoms with Gasteiger partial charge in [-0.05, 0) is 45.4 Å². The van der Waals surface area contributed by atoms with Gasteiger partial charge < -0.3 is 14.8 Å². The molecule has 1 atom stereocenters. The molecule has 0 saturated carbocycles. The number of rotatable bonds is 5. The Bertz CT molecular complexity index is 1020. The van der Waals surface area contributed by atoms with Crippen LogP contribution in [0.2, 0.25) is 0 Å². The van der Waals surface area contributed by atoms with Crippen molar-refractivity contribution in [1.82, 2.24) is 4.98 Å². The smallest absolute Gasteiger partial charge is 0.219 e. The minimum atomic E-state index is -0.412. The van der Waals surface area contributed by atoms with E-state index in [1.54, 1.807) is 32.4 Å². The lowest BCUT2D eigenvalue weighted by molar-refractivity contribution is -0.113. The molecule has 0 bridgehead atoms. The Morgan fingerprint density at radius 2 is 2.11 bits per heavy atom. The molecule has 1 aromatic carbocycles. The number of anilines is 1. The zero-order chi connectivity index (χ0) is 20.4. The highest BCUT2D eigenvalue weighted by Crippen LogP contribution is 2.49. The van der Waals surface area contributed by atoms with Crippen molar-refractivity contribution in [3.05, 3.63) is 57.9 Å². The summed E-state index contributed by atoms with van der Waals surface area (Å²) in [5, 5.41) is 12.6. The normalized spacial score (nSPS) is 15.4. The molecule has 144 valence electrons. The Labute approximate surface area is 164 Å². The van der Waals surface area contributed by atoms with E-state index in [4.69, 9.17) is 9.47 Å². The van der Waals surface area contributed by atoms with Gasteiger partial charge in [0.2, 0.25) is 5.88 Å². The molecule has 1 aromatic heterocycles. The van der Waals surface area contributed by atoms with Crippen molar-refractivity contribution in [1.29, 1.82) is 5.26 Å². The summed E-state index contributed by atoms with van der Waals surface area (Å²) >= 11 is 0. The summed E-state index contributed by atoms with van der Waals surface area (Å²) in [7, 11) is 1.56. The maximum absolute atomic E-state index is 12.6. The molecule has 1 aliphatic heterocycles. The van der Waals surface area contributed by atoms with Gasteiger partial charge in [-0.2, -0.15) is 5.26 Å². The summed E-state index contributed by atoms with van der Waals surface area (Å²) in [6.45, 7) is 7.77. The highest BCUT2D eigenvalue weighted by Gasteiger charge is 2.36. The third-order valence-corrected chi connectivity index (χ3v) is 4.90. The summed E-state index contributed by atoms with van der Waals surface area (Å²) in [6, 6.07) is 7.39. The number of aromatic nitrogens is 1. The van der Waals surface area contributed by atoms with Crippen LogP contribution in [-0.4, -0.2) is 24.5 Å². The van der Waals surface area contributed by atoms with E-state index in [0.717, 1.165) is 28.1 Å². The predicted molar refractivity (Wildman–Crippen MR) is 107 cm³/mol. The van der Waals surface area contributed by atoms with E-state index in [1.165, 1.54) is 0 Å². The summed E-state index contributed by atoms with van der Waals surface area (Å²) in [4.78, 5) is 17.1. The molecule has 1 aliphatic rings. The highest BCUT2D eigenvalue weighted by molar-refractivity contribution is 5.99. The average molecular weight is 377 g/mol. The van der Waals surface area contributed by atoms with Gasteiger partial charge in [0.05, 0.1) is 42.5 Å². The molecule has 0 fully saturated rings. The van der Waals surface area contributed by atoms with Gasteiger partial charge in [-0.25, -0.2) is 4.98 Å². The number of ether oxygens (including phenoxy) is 2. The third kappa shape index (κ3) is 3.20. The van der Waals surface area contributed by atoms with E-state index in [-0.39, 0.29) is 5.78 Å². The minimum Gasteiger partial charge on any atom is -0.496 e. The Hall–Kier alpha value is -3.33. The lowest BCUT2D eigenvalue weighted by atomic mass is 9.78. The largest absolute Gasteiger partial charge is 0.496 e. The number of nitrogens with one attached hydrogen (secondary N) is 1. The minimum absolute atomic E-state index is 0.0454. The van der Waals surface area contributed by atoms with Gasteiger partial charge in [-0.15, -0.1) is 0 Å². The van der Waals surface area contributed by atoms with Crippen molar-refractivity contribution in [2.24, 2.45) is 0 Å². The molecule has 2 heterocycles. The topological polar surface area (TPSA) is 84.2 Å². The first kappa shape index (κ1) is 19.4. The van der Waals surface area contributed by atoms with Crippen molar-refractivity contribution in [3.8, 4) is 17.7 Å². The molecular weight excluding hydrogens is 354 g/mol. The molecule has 0 radical (unpaired) electrons. The van der Waals surface area contributed by atoms with E-state index in [1.807, 2.05) is 26.8 Å². The zero-order valence-electron chi connectivity index (χ0n) is 16.7. The molecule has 1 N–H and O–H groups in total. The Balaban J connectivity index is 2.37. The quantitative estimate of drug-likeness (QED) is 0.845. The summed E-state index contributed by atoms with van der Waals surface area (Å²) < 4.78 is 11.4. The first-order valence-corrected chi connectivity index (χ1v) is 9.11. The first-order chi connectivity index (χ1) is 13.4. The molecule has 3 rings (SSSR count). The SMILES string of the molecule is CCOc1ncc(C)c2c1C(c1ccc(C#N)cc1OC)C(C(C)=O)=C(C)N2. The van der Waals surface area contributed by atoms with E-state index < -0.39 is 5.92 Å². The lowest BCUT2D eigenvalue weighted by Crippen LogP contribution is -2.24. The van der Waals surface area contributed by atoms with Gasteiger partial charge in [0.15, 0.2) is 5.78 Å². The number of hydrogen-bond acceptors (Lipinski definition) is 6. The summed E-state index contributed by atoms with van der Waals surface area (Å²) in [5.74, 6) is 0.576. The predicted octanol–water partition coefficient (Wildman–Crippen LogP) is 4.09. The van der Waals surface area contributed by atoms with Gasteiger partial charge >= 0.3 is 0 Å². The molecule has 0 aliphatic carbocycles. The molecule has 0 spiro atoms. The fourth-order valence-corrected chi connectivity index (χ4v) is 3.71. The second-order valence-electron chi connectivity index (χ2n) is 6.69. The van der Waals surface area contributed by atoms with Crippen LogP contribution >= 0.6 is 0 Å². The second kappa shape index (κ2) is 7.73. The number of aryl methyl sites for hydroxylation is 1. The fourth-order valence-electron chi connectivity index (χ4n) is 3.71. The zero-order valence-corrected chi connectivity index (χ0v) is 16.7. The fraction of sp³-hybridized carbons (Fsp3) is 0.318. The van der Waals surface area contributed by atoms with Crippen LogP contribution in [0.15, 0.2) is 35.7 Å². The van der Waals surface area contributed by atoms with Crippen LogP contribution < -0.4 is 14.8 Å². The van der Waals surface area contributed by atoms with E-state index in [2.05, 4.69) is 16.4 Å². The van der Waals surface area contributed by atoms with Crippen LogP contribution in [0.25, 0.3) is 0 Å². The highest BCUT2D eigenvalue weighted by atomic mass is 16.5. The number of allylic oxidation sites excluding steroid dienone is 2. The number of fused-ring (bicyclic) bond motifs is 1. The molecule has 0 saturated heterocycles. The van der Waals surface area contributed by atoms with Gasteiger partial charge in [-0.3, -0.25) is 4.79 Å². The van der Waals surface area contributed by atoms with Crippen LogP contribution in [0.1, 0.15) is 48.9 Å². The second-order valence-corrected chi connectivity index (χ2v) is 6.69. The maximum Gasteiger partial charge on any atom is 0.219 e. The van der Waals surface area contributed by atoms with Crippen molar-refractivity contribution in [2.45, 2.75) is 33.6 Å². The van der Waals surface area contributed by atoms with E-state index in [0.29, 0.717) is 29.4 Å². The van der Waals surface area contributed by atoms with Crippen molar-refractivity contribution in [2.75, 3.05) is 19.0 Å². The standard InChI is InChI=1S/C22H23N3O3/c1-6-28-22-20-19(16-8-7-15(10-23)9-17(16)27-5)18(14(4)26)13(3)25-21(20)12(2)11-24-22/h7-9,11,19,25H,6H2,1-5H3. The van der Waals surface area contributed by atoms with Crippen molar-refractivity contribution in [3.63, 3.8) is 0 Å². The van der Waals surface area contributed by atoms with Gasteiger partial charge in [0.25, 0.3) is 0 Å². The van der Waals surface area contributed by atoms with Crippen LogP contribution in [0.4, 0.5) is 5.69 Å². The van der Waals surface area contributed by atoms with Crippen LogP contribution in [0.3, 0.4) is 0 Å². The number of nitrogens with zero attached hydrogens (tertiary/aromatic N) is 2. The van der Waals surface area contributed by atoms with Gasteiger partial charge in [0, 0.05) is 23.0 Å². The number of benzene rings is 1. The van der Waals surface area contributed by atoms with Crippen LogP contribution in [0.5, 0.6) is 11.6 Å². The van der Waals surface area contributed by atoms with Crippen LogP contribution in [-0.2, 0) is 4.79 Å². The Morgan fingerprint density at radius 1 is 1.36 bits per heavy atom. The number of carbonyl (C=O) groups excluding carboxylic acids is 1. The maximum atomic E-state index is 12.6. The summed E-state index contributed by atoms with van der Waals surface area (Å²) in [5.41, 5.74) is 5.35. The Morgan fingerprint density at radius 3 is 2.71 bits per heavy atom. The number of carbonyl (C=O) groups is 1. The van der Waals surface area contributed by atoms with E-state index in [9.17, 15) is 10.1 Å². The van der Waals surface area contributed by atoms with Crippen LogP contribution in [0, 0.1) is 18.3 Å². The summed E-state index contributed by atoms with van der Waals surface area (Å²) in [6.07, 6.45) is 1.76. The van der Waals surface area contributed by atoms with Crippen molar-refractivity contribution >= 4 is 11.5 Å². The van der Waals surface area contributed by atoms with Crippen molar-refractivity contribution < 1.29 is 14.3 Å². The van der Waals surface area contributed by atoms with Gasteiger partial charge in [-0.1, -0.05) is 6.07 Å². The Kier molecular flexibility index (Phi) is 5.36. The number of pyridine rings is 1. The number of methoxy groups -OCH3 is 1. The monoisotopic (exact) mass is 377 g/mol. The average Bonchev–Trinajstić information content (AvgIpc) is 2.68. The third-order valence-electron chi connectivity index (χ3n) is 4.90.